The minimum atomic E-state index is -0.155. The van der Waals surface area contributed by atoms with Crippen molar-refractivity contribution in [1.29, 1.82) is 0 Å². The minimum absolute atomic E-state index is 0.0293. The van der Waals surface area contributed by atoms with E-state index >= 15 is 0 Å². The van der Waals surface area contributed by atoms with Gasteiger partial charge in [0.15, 0.2) is 0 Å². The summed E-state index contributed by atoms with van der Waals surface area (Å²) in [6.45, 7) is 2.95. The molecule has 1 saturated heterocycles. The zero-order chi connectivity index (χ0) is 19.3. The van der Waals surface area contributed by atoms with Crippen molar-refractivity contribution in [2.45, 2.75) is 57.4 Å². The quantitative estimate of drug-likeness (QED) is 0.762. The number of carbonyl (C=O) groups excluding carboxylic acids is 1. The molecule has 4 heteroatoms. The van der Waals surface area contributed by atoms with Crippen molar-refractivity contribution in [1.82, 2.24) is 9.80 Å². The van der Waals surface area contributed by atoms with E-state index in [9.17, 15) is 9.18 Å². The van der Waals surface area contributed by atoms with Crippen molar-refractivity contribution in [3.05, 3.63) is 35.6 Å². The van der Waals surface area contributed by atoms with Gasteiger partial charge in [0.05, 0.1) is 5.41 Å². The molecule has 1 heterocycles. The summed E-state index contributed by atoms with van der Waals surface area (Å²) in [6.07, 6.45) is 9.54. The maximum atomic E-state index is 13.6. The van der Waals surface area contributed by atoms with Crippen LogP contribution in [0.25, 0.3) is 0 Å². The van der Waals surface area contributed by atoms with Crippen molar-refractivity contribution in [3.63, 3.8) is 0 Å². The van der Waals surface area contributed by atoms with E-state index in [-0.39, 0.29) is 11.2 Å². The molecule has 0 radical (unpaired) electrons. The molecule has 1 unspecified atom stereocenters. The Morgan fingerprint density at radius 3 is 2.50 bits per heavy atom. The summed E-state index contributed by atoms with van der Waals surface area (Å²) in [6, 6.07) is 7.26. The number of benzene rings is 1. The summed E-state index contributed by atoms with van der Waals surface area (Å²) in [5.74, 6) is 2.74. The fourth-order valence-corrected chi connectivity index (χ4v) is 7.22. The third kappa shape index (κ3) is 3.38. The van der Waals surface area contributed by atoms with Crippen LogP contribution in [0.15, 0.2) is 24.3 Å². The Hall–Kier alpha value is -1.42. The second-order valence-corrected chi connectivity index (χ2v) is 10.2. The van der Waals surface area contributed by atoms with Crippen LogP contribution in [0, 0.1) is 29.0 Å². The van der Waals surface area contributed by atoms with E-state index in [2.05, 4.69) is 16.8 Å². The lowest BCUT2D eigenvalue weighted by Gasteiger charge is -2.56. The summed E-state index contributed by atoms with van der Waals surface area (Å²) >= 11 is 0. The number of nitrogens with zero attached hydrogens (tertiary/aromatic N) is 2. The molecule has 28 heavy (non-hydrogen) atoms. The first-order chi connectivity index (χ1) is 13.5. The SMILES string of the molecule is CN(C(=O)C12CC3CC(CC(C3)C1)C2)C1CCN(CCc2cccc(F)c2)C1. The normalized spacial score (nSPS) is 36.8. The lowest BCUT2D eigenvalue weighted by molar-refractivity contribution is -0.158. The molecule has 0 spiro atoms. The van der Waals surface area contributed by atoms with Gasteiger partial charge in [-0.15, -0.1) is 0 Å². The fourth-order valence-electron chi connectivity index (χ4n) is 7.22. The summed E-state index contributed by atoms with van der Waals surface area (Å²) < 4.78 is 13.4. The topological polar surface area (TPSA) is 23.6 Å². The number of likely N-dealkylation sites (tertiary alicyclic amines) is 1. The van der Waals surface area contributed by atoms with Crippen molar-refractivity contribution >= 4 is 5.91 Å². The van der Waals surface area contributed by atoms with E-state index < -0.39 is 0 Å². The van der Waals surface area contributed by atoms with Crippen LogP contribution in [-0.4, -0.2) is 48.4 Å². The van der Waals surface area contributed by atoms with Crippen molar-refractivity contribution in [2.24, 2.45) is 23.2 Å². The molecule has 152 valence electrons. The molecule has 5 fully saturated rings. The molecule has 1 aromatic carbocycles. The molecule has 3 nitrogen and oxygen atoms in total. The Bertz CT molecular complexity index is 713. The lowest BCUT2D eigenvalue weighted by atomic mass is 9.49. The van der Waals surface area contributed by atoms with Gasteiger partial charge in [0.25, 0.3) is 0 Å². The highest BCUT2D eigenvalue weighted by molar-refractivity contribution is 5.83. The van der Waals surface area contributed by atoms with Crippen LogP contribution in [-0.2, 0) is 11.2 Å². The zero-order valence-electron chi connectivity index (χ0n) is 17.1. The maximum absolute atomic E-state index is 13.6. The number of carbonyl (C=O) groups is 1. The Kier molecular flexibility index (Phi) is 4.73. The molecule has 0 N–H and O–H groups in total. The summed E-state index contributed by atoms with van der Waals surface area (Å²) in [5, 5.41) is 0. The molecule has 4 aliphatic carbocycles. The lowest BCUT2D eigenvalue weighted by Crippen LogP contribution is -2.55. The highest BCUT2D eigenvalue weighted by Crippen LogP contribution is 2.60. The Morgan fingerprint density at radius 2 is 1.86 bits per heavy atom. The monoisotopic (exact) mass is 384 g/mol. The standard InChI is InChI=1S/C24H33FN2O/c1-26(23(28)24-13-18-9-19(14-24)11-20(10-18)15-24)22-6-8-27(16-22)7-5-17-3-2-4-21(25)12-17/h2-4,12,18-20,22H,5-11,13-16H2,1H3. The van der Waals surface area contributed by atoms with E-state index in [4.69, 9.17) is 0 Å². The zero-order valence-corrected chi connectivity index (χ0v) is 17.1. The molecule has 0 aromatic heterocycles. The molecule has 1 aliphatic heterocycles. The molecule has 4 bridgehead atoms. The van der Waals surface area contributed by atoms with Crippen LogP contribution in [0.2, 0.25) is 0 Å². The van der Waals surface area contributed by atoms with Gasteiger partial charge in [-0.25, -0.2) is 4.39 Å². The molecular weight excluding hydrogens is 351 g/mol. The van der Waals surface area contributed by atoms with Gasteiger partial charge in [-0.05, 0) is 86.8 Å². The number of halogens is 1. The summed E-state index contributed by atoms with van der Waals surface area (Å²) in [7, 11) is 2.06. The van der Waals surface area contributed by atoms with Gasteiger partial charge < -0.3 is 9.80 Å². The third-order valence-corrected chi connectivity index (χ3v) is 8.21. The van der Waals surface area contributed by atoms with Crippen LogP contribution in [0.1, 0.15) is 50.5 Å². The van der Waals surface area contributed by atoms with Crippen molar-refractivity contribution in [2.75, 3.05) is 26.7 Å². The van der Waals surface area contributed by atoms with Crippen molar-refractivity contribution in [3.8, 4) is 0 Å². The largest absolute Gasteiger partial charge is 0.341 e. The van der Waals surface area contributed by atoms with Gasteiger partial charge in [0.1, 0.15) is 5.82 Å². The predicted octanol–water partition coefficient (Wildman–Crippen LogP) is 4.12. The Balaban J connectivity index is 1.18. The van der Waals surface area contributed by atoms with Crippen LogP contribution in [0.5, 0.6) is 0 Å². The highest BCUT2D eigenvalue weighted by Gasteiger charge is 2.55. The van der Waals surface area contributed by atoms with Crippen LogP contribution >= 0.6 is 0 Å². The first-order valence-electron chi connectivity index (χ1n) is 11.2. The van der Waals surface area contributed by atoms with Crippen LogP contribution < -0.4 is 0 Å². The number of rotatable bonds is 5. The van der Waals surface area contributed by atoms with E-state index in [1.165, 1.54) is 25.3 Å². The predicted molar refractivity (Wildman–Crippen MR) is 108 cm³/mol. The second-order valence-electron chi connectivity index (χ2n) is 10.2. The van der Waals surface area contributed by atoms with Gasteiger partial charge in [0.2, 0.25) is 5.91 Å². The Morgan fingerprint density at radius 1 is 1.18 bits per heavy atom. The Labute approximate surface area is 168 Å². The summed E-state index contributed by atoms with van der Waals surface area (Å²) in [4.78, 5) is 18.1. The average Bonchev–Trinajstić information content (AvgIpc) is 3.13. The summed E-state index contributed by atoms with van der Waals surface area (Å²) in [5.41, 5.74) is 1.03. The van der Waals surface area contributed by atoms with E-state index in [1.54, 1.807) is 12.1 Å². The molecule has 1 amide bonds. The number of hydrogen-bond donors (Lipinski definition) is 0. The second kappa shape index (κ2) is 7.12. The van der Waals surface area contributed by atoms with Gasteiger partial charge in [-0.3, -0.25) is 4.79 Å². The van der Waals surface area contributed by atoms with Crippen molar-refractivity contribution < 1.29 is 9.18 Å². The van der Waals surface area contributed by atoms with Crippen LogP contribution in [0.4, 0.5) is 4.39 Å². The molecular formula is C24H33FN2O. The number of hydrogen-bond acceptors (Lipinski definition) is 2. The number of amides is 1. The van der Waals surface area contributed by atoms with E-state index in [1.807, 2.05) is 6.07 Å². The first-order valence-corrected chi connectivity index (χ1v) is 11.2. The van der Waals surface area contributed by atoms with Gasteiger partial charge in [-0.2, -0.15) is 0 Å². The molecule has 4 saturated carbocycles. The van der Waals surface area contributed by atoms with Crippen LogP contribution in [0.3, 0.4) is 0 Å². The third-order valence-electron chi connectivity index (χ3n) is 8.21. The number of likely N-dealkylation sites (N-methyl/N-ethyl adjacent to an activating group) is 1. The molecule has 6 rings (SSSR count). The molecule has 5 aliphatic rings. The average molecular weight is 385 g/mol. The molecule has 1 aromatic rings. The maximum Gasteiger partial charge on any atom is 0.228 e. The fraction of sp³-hybridized carbons (Fsp3) is 0.708. The van der Waals surface area contributed by atoms with E-state index in [0.717, 1.165) is 75.1 Å². The first kappa shape index (κ1) is 18.6. The highest BCUT2D eigenvalue weighted by atomic mass is 19.1. The minimum Gasteiger partial charge on any atom is -0.341 e. The van der Waals surface area contributed by atoms with Gasteiger partial charge in [0, 0.05) is 32.7 Å². The molecule has 1 atom stereocenters. The smallest absolute Gasteiger partial charge is 0.228 e. The van der Waals surface area contributed by atoms with Gasteiger partial charge >= 0.3 is 0 Å². The van der Waals surface area contributed by atoms with E-state index in [0.29, 0.717) is 11.9 Å². The van der Waals surface area contributed by atoms with Gasteiger partial charge in [-0.1, -0.05) is 12.1 Å².